The Hall–Kier alpha value is -2.56. The van der Waals surface area contributed by atoms with Crippen LogP contribution in [0.4, 0.5) is 0 Å². The standard InChI is InChI=1S/C15H19N3O2/c1-3-12(19)10-13(16)14(17-2)15(20)18-11-8-6-4-5-7-9-11/h4-6,8-10,19H,2-3,7,16H2,1H3,(H,18,20)/b12-10+,14-13+. The highest BCUT2D eigenvalue weighted by molar-refractivity contribution is 5.96. The van der Waals surface area contributed by atoms with Gasteiger partial charge in [0.2, 0.25) is 0 Å². The summed E-state index contributed by atoms with van der Waals surface area (Å²) in [6.07, 6.45) is 11.8. The SMILES string of the molecule is C=N/C(C(=O)NC1=CCC=CC=C1)=C(N)\C=C(\O)CC. The molecule has 0 aromatic heterocycles. The summed E-state index contributed by atoms with van der Waals surface area (Å²) < 4.78 is 0. The fraction of sp³-hybridized carbons (Fsp3) is 0.200. The van der Waals surface area contributed by atoms with Crippen molar-refractivity contribution in [3.05, 3.63) is 59.3 Å². The number of hydrogen-bond acceptors (Lipinski definition) is 4. The molecule has 0 atom stereocenters. The van der Waals surface area contributed by atoms with E-state index in [1.807, 2.05) is 24.3 Å². The van der Waals surface area contributed by atoms with Crippen LogP contribution in [0.1, 0.15) is 19.8 Å². The summed E-state index contributed by atoms with van der Waals surface area (Å²) in [5.41, 5.74) is 6.47. The number of nitrogens with one attached hydrogen (secondary N) is 1. The summed E-state index contributed by atoms with van der Waals surface area (Å²) in [7, 11) is 0. The van der Waals surface area contributed by atoms with Gasteiger partial charge >= 0.3 is 0 Å². The van der Waals surface area contributed by atoms with Gasteiger partial charge in [0.05, 0.1) is 11.5 Å². The van der Waals surface area contributed by atoms with Gasteiger partial charge in [0, 0.05) is 18.2 Å². The van der Waals surface area contributed by atoms with Gasteiger partial charge in [-0.1, -0.05) is 31.2 Å². The Morgan fingerprint density at radius 2 is 2.35 bits per heavy atom. The maximum absolute atomic E-state index is 12.1. The van der Waals surface area contributed by atoms with Crippen molar-refractivity contribution in [2.75, 3.05) is 0 Å². The second kappa shape index (κ2) is 7.78. The Bertz CT molecular complexity index is 537. The summed E-state index contributed by atoms with van der Waals surface area (Å²) in [6.45, 7) is 5.11. The molecule has 20 heavy (non-hydrogen) atoms. The molecule has 1 rings (SSSR count). The van der Waals surface area contributed by atoms with Crippen molar-refractivity contribution < 1.29 is 9.90 Å². The van der Waals surface area contributed by atoms with Gasteiger partial charge in [-0.05, 0) is 19.2 Å². The van der Waals surface area contributed by atoms with E-state index < -0.39 is 5.91 Å². The predicted molar refractivity (Wildman–Crippen MR) is 80.9 cm³/mol. The molecule has 1 aliphatic rings. The molecule has 0 aromatic carbocycles. The van der Waals surface area contributed by atoms with Gasteiger partial charge in [-0.3, -0.25) is 9.79 Å². The maximum Gasteiger partial charge on any atom is 0.276 e. The van der Waals surface area contributed by atoms with Crippen LogP contribution in [0.15, 0.2) is 64.3 Å². The zero-order valence-corrected chi connectivity index (χ0v) is 11.5. The smallest absolute Gasteiger partial charge is 0.276 e. The molecule has 5 nitrogen and oxygen atoms in total. The molecule has 0 aliphatic heterocycles. The minimum atomic E-state index is -0.463. The number of aliphatic imine (C=N–C) groups is 1. The first-order chi connectivity index (χ1) is 9.58. The lowest BCUT2D eigenvalue weighted by atomic mass is 10.2. The third kappa shape index (κ3) is 4.61. The molecule has 0 radical (unpaired) electrons. The van der Waals surface area contributed by atoms with E-state index in [4.69, 9.17) is 5.73 Å². The van der Waals surface area contributed by atoms with Crippen LogP contribution in [0.5, 0.6) is 0 Å². The van der Waals surface area contributed by atoms with E-state index in [9.17, 15) is 9.90 Å². The lowest BCUT2D eigenvalue weighted by Gasteiger charge is -2.07. The van der Waals surface area contributed by atoms with Gasteiger partial charge in [0.25, 0.3) is 5.91 Å². The normalized spacial score (nSPS) is 16.1. The van der Waals surface area contributed by atoms with Crippen molar-refractivity contribution in [2.24, 2.45) is 10.7 Å². The van der Waals surface area contributed by atoms with E-state index in [0.717, 1.165) is 6.42 Å². The largest absolute Gasteiger partial charge is 0.512 e. The Morgan fingerprint density at radius 3 is 3.00 bits per heavy atom. The molecule has 1 aliphatic carbocycles. The van der Waals surface area contributed by atoms with Crippen LogP contribution >= 0.6 is 0 Å². The van der Waals surface area contributed by atoms with Crippen LogP contribution in [0, 0.1) is 0 Å². The number of carbonyl (C=O) groups excluding carboxylic acids is 1. The maximum atomic E-state index is 12.1. The lowest BCUT2D eigenvalue weighted by molar-refractivity contribution is -0.116. The van der Waals surface area contributed by atoms with Crippen LogP contribution in [0.25, 0.3) is 0 Å². The summed E-state index contributed by atoms with van der Waals surface area (Å²) in [4.78, 5) is 15.7. The molecule has 4 N–H and O–H groups in total. The minimum absolute atomic E-state index is 0.0171. The summed E-state index contributed by atoms with van der Waals surface area (Å²) >= 11 is 0. The number of amides is 1. The first kappa shape index (κ1) is 15.5. The lowest BCUT2D eigenvalue weighted by Crippen LogP contribution is -2.25. The number of allylic oxidation sites excluding steroid dienone is 7. The Labute approximate surface area is 118 Å². The van der Waals surface area contributed by atoms with Gasteiger partial charge in [-0.15, -0.1) is 0 Å². The van der Waals surface area contributed by atoms with E-state index in [0.29, 0.717) is 12.1 Å². The number of carbonyl (C=O) groups is 1. The second-order valence-electron chi connectivity index (χ2n) is 4.09. The molecular weight excluding hydrogens is 254 g/mol. The molecule has 1 amide bonds. The average Bonchev–Trinajstić information content (AvgIpc) is 2.67. The fourth-order valence-corrected chi connectivity index (χ4v) is 1.51. The summed E-state index contributed by atoms with van der Waals surface area (Å²) in [5.74, 6) is -0.385. The van der Waals surface area contributed by atoms with Gasteiger partial charge < -0.3 is 16.2 Å². The average molecular weight is 273 g/mol. The van der Waals surface area contributed by atoms with Crippen molar-refractivity contribution in [2.45, 2.75) is 19.8 Å². The van der Waals surface area contributed by atoms with Gasteiger partial charge in [0.15, 0.2) is 5.70 Å². The molecule has 0 aromatic rings. The number of nitrogens with zero attached hydrogens (tertiary/aromatic N) is 1. The van der Waals surface area contributed by atoms with Crippen LogP contribution in [0.2, 0.25) is 0 Å². The van der Waals surface area contributed by atoms with Gasteiger partial charge in [-0.2, -0.15) is 0 Å². The molecule has 106 valence electrons. The summed E-state index contributed by atoms with van der Waals surface area (Å²) in [5, 5.41) is 12.1. The van der Waals surface area contributed by atoms with E-state index in [-0.39, 0.29) is 17.2 Å². The van der Waals surface area contributed by atoms with Crippen molar-refractivity contribution in [1.29, 1.82) is 0 Å². The van der Waals surface area contributed by atoms with Crippen LogP contribution in [-0.4, -0.2) is 17.7 Å². The number of aliphatic hydroxyl groups excluding tert-OH is 1. The monoisotopic (exact) mass is 273 g/mol. The third-order valence-electron chi connectivity index (χ3n) is 2.59. The molecule has 5 heteroatoms. The fourth-order valence-electron chi connectivity index (χ4n) is 1.51. The van der Waals surface area contributed by atoms with E-state index in [1.165, 1.54) is 6.08 Å². The van der Waals surface area contributed by atoms with Crippen LogP contribution in [0.3, 0.4) is 0 Å². The molecule has 0 saturated carbocycles. The molecular formula is C15H19N3O2. The number of aliphatic hydroxyl groups is 1. The van der Waals surface area contributed by atoms with Gasteiger partial charge in [0.1, 0.15) is 0 Å². The molecule has 0 fully saturated rings. The Kier molecular flexibility index (Phi) is 6.03. The Balaban J connectivity index is 2.90. The van der Waals surface area contributed by atoms with Crippen LogP contribution < -0.4 is 11.1 Å². The molecule has 0 unspecified atom stereocenters. The zero-order valence-electron chi connectivity index (χ0n) is 11.5. The van der Waals surface area contributed by atoms with Gasteiger partial charge in [-0.25, -0.2) is 0 Å². The topological polar surface area (TPSA) is 87.7 Å². The second-order valence-corrected chi connectivity index (χ2v) is 4.09. The highest BCUT2D eigenvalue weighted by Crippen LogP contribution is 2.08. The predicted octanol–water partition coefficient (Wildman–Crippen LogP) is 2.23. The quantitative estimate of drug-likeness (QED) is 0.310. The van der Waals surface area contributed by atoms with E-state index in [2.05, 4.69) is 17.0 Å². The molecule has 0 saturated heterocycles. The highest BCUT2D eigenvalue weighted by Gasteiger charge is 2.12. The zero-order chi connectivity index (χ0) is 15.0. The first-order valence-corrected chi connectivity index (χ1v) is 6.29. The number of hydrogen-bond donors (Lipinski definition) is 3. The van der Waals surface area contributed by atoms with Crippen molar-refractivity contribution in [1.82, 2.24) is 5.32 Å². The minimum Gasteiger partial charge on any atom is -0.512 e. The van der Waals surface area contributed by atoms with Crippen molar-refractivity contribution in [3.8, 4) is 0 Å². The highest BCUT2D eigenvalue weighted by atomic mass is 16.3. The van der Waals surface area contributed by atoms with E-state index in [1.54, 1.807) is 13.0 Å². The van der Waals surface area contributed by atoms with Crippen molar-refractivity contribution in [3.63, 3.8) is 0 Å². The molecule has 0 spiro atoms. The first-order valence-electron chi connectivity index (χ1n) is 6.29. The van der Waals surface area contributed by atoms with Crippen LogP contribution in [-0.2, 0) is 4.79 Å². The summed E-state index contributed by atoms with van der Waals surface area (Å²) in [6, 6.07) is 0. The number of nitrogens with two attached hydrogens (primary N) is 1. The van der Waals surface area contributed by atoms with E-state index >= 15 is 0 Å². The number of rotatable bonds is 5. The van der Waals surface area contributed by atoms with Crippen molar-refractivity contribution >= 4 is 12.6 Å². The third-order valence-corrected chi connectivity index (χ3v) is 2.59. The molecule has 0 heterocycles. The molecule has 0 bridgehead atoms. The Morgan fingerprint density at radius 1 is 1.60 bits per heavy atom.